The quantitative estimate of drug-likeness (QED) is 0.830. The molecule has 0 amide bonds. The van der Waals surface area contributed by atoms with Gasteiger partial charge in [-0.15, -0.1) is 0 Å². The van der Waals surface area contributed by atoms with Crippen LogP contribution in [0, 0.1) is 0 Å². The second-order valence-electron chi connectivity index (χ2n) is 3.77. The summed E-state index contributed by atoms with van der Waals surface area (Å²) in [5, 5.41) is 4.43. The molecule has 1 aromatic carbocycles. The Morgan fingerprint density at radius 3 is 2.94 bits per heavy atom. The molecule has 0 spiro atoms. The van der Waals surface area contributed by atoms with Crippen LogP contribution in [0.4, 0.5) is 0 Å². The number of rotatable bonds is 3. The van der Waals surface area contributed by atoms with Gasteiger partial charge in [0.15, 0.2) is 5.78 Å². The molecule has 0 saturated heterocycles. The fourth-order valence-corrected chi connectivity index (χ4v) is 2.01. The average molecular weight is 237 g/mol. The van der Waals surface area contributed by atoms with Crippen LogP contribution in [0.25, 0.3) is 10.9 Å². The van der Waals surface area contributed by atoms with E-state index in [9.17, 15) is 4.79 Å². The number of hydrogen-bond acceptors (Lipinski definition) is 2. The van der Waals surface area contributed by atoms with Crippen LogP contribution >= 0.6 is 11.6 Å². The molecule has 0 saturated carbocycles. The van der Waals surface area contributed by atoms with E-state index in [0.717, 1.165) is 10.9 Å². The minimum absolute atomic E-state index is 0.0790. The maximum atomic E-state index is 11.9. The van der Waals surface area contributed by atoms with Crippen LogP contribution in [-0.4, -0.2) is 23.9 Å². The highest BCUT2D eigenvalue weighted by molar-refractivity contribution is 6.31. The van der Waals surface area contributed by atoms with Gasteiger partial charge in [0.2, 0.25) is 0 Å². The molecule has 0 atom stereocenters. The number of Topliss-reactive ketones (excluding diaryl/α,β-unsaturated/α-hetero) is 1. The van der Waals surface area contributed by atoms with Gasteiger partial charge in [-0.3, -0.25) is 4.79 Å². The number of fused-ring (bicyclic) bond motifs is 1. The van der Waals surface area contributed by atoms with Crippen LogP contribution in [0.5, 0.6) is 0 Å². The molecule has 2 aromatic rings. The number of nitrogens with one attached hydrogen (secondary N) is 1. The van der Waals surface area contributed by atoms with Crippen molar-refractivity contribution in [2.75, 3.05) is 13.6 Å². The summed E-state index contributed by atoms with van der Waals surface area (Å²) < 4.78 is 1.94. The van der Waals surface area contributed by atoms with Gasteiger partial charge in [-0.1, -0.05) is 11.6 Å². The van der Waals surface area contributed by atoms with E-state index < -0.39 is 0 Å². The number of likely N-dealkylation sites (N-methyl/N-ethyl adjacent to an activating group) is 1. The predicted octanol–water partition coefficient (Wildman–Crippen LogP) is 2.23. The van der Waals surface area contributed by atoms with E-state index in [4.69, 9.17) is 11.6 Å². The van der Waals surface area contributed by atoms with Gasteiger partial charge in [-0.25, -0.2) is 0 Å². The van der Waals surface area contributed by atoms with Crippen molar-refractivity contribution < 1.29 is 4.79 Å². The summed E-state index contributed by atoms with van der Waals surface area (Å²) in [5.74, 6) is 0.0790. The van der Waals surface area contributed by atoms with Crippen LogP contribution in [0.2, 0.25) is 5.02 Å². The smallest absolute Gasteiger partial charge is 0.178 e. The van der Waals surface area contributed by atoms with Crippen LogP contribution in [0.15, 0.2) is 24.4 Å². The minimum Gasteiger partial charge on any atom is -0.350 e. The topological polar surface area (TPSA) is 34.0 Å². The van der Waals surface area contributed by atoms with Gasteiger partial charge in [0.05, 0.1) is 6.54 Å². The zero-order valence-electron chi connectivity index (χ0n) is 9.25. The molecule has 0 radical (unpaired) electrons. The standard InChI is InChI=1S/C12H13ClN2O/c1-14-6-12(16)10-7-15(2)11-4-3-8(13)5-9(10)11/h3-5,7,14H,6H2,1-2H3. The van der Waals surface area contributed by atoms with Crippen molar-refractivity contribution in [2.45, 2.75) is 0 Å². The summed E-state index contributed by atoms with van der Waals surface area (Å²) in [7, 11) is 3.68. The Balaban J connectivity index is 2.61. The SMILES string of the molecule is CNCC(=O)c1cn(C)c2ccc(Cl)cc12. The number of nitrogens with zero attached hydrogens (tertiary/aromatic N) is 1. The fourth-order valence-electron chi connectivity index (χ4n) is 1.84. The molecule has 0 fully saturated rings. The van der Waals surface area contributed by atoms with Crippen LogP contribution in [-0.2, 0) is 7.05 Å². The highest BCUT2D eigenvalue weighted by Crippen LogP contribution is 2.24. The van der Waals surface area contributed by atoms with Crippen molar-refractivity contribution in [1.29, 1.82) is 0 Å². The predicted molar refractivity (Wildman–Crippen MR) is 66.2 cm³/mol. The first-order chi connectivity index (χ1) is 7.63. The highest BCUT2D eigenvalue weighted by Gasteiger charge is 2.13. The lowest BCUT2D eigenvalue weighted by molar-refractivity contribution is 0.0995. The summed E-state index contributed by atoms with van der Waals surface area (Å²) in [5.41, 5.74) is 1.73. The van der Waals surface area contributed by atoms with Crippen molar-refractivity contribution in [3.63, 3.8) is 0 Å². The lowest BCUT2D eigenvalue weighted by Gasteiger charge is -1.98. The molecule has 3 nitrogen and oxygen atoms in total. The monoisotopic (exact) mass is 236 g/mol. The van der Waals surface area contributed by atoms with Crippen molar-refractivity contribution in [2.24, 2.45) is 7.05 Å². The maximum Gasteiger partial charge on any atom is 0.178 e. The first kappa shape index (κ1) is 11.2. The Morgan fingerprint density at radius 2 is 2.25 bits per heavy atom. The van der Waals surface area contributed by atoms with Gasteiger partial charge in [0.25, 0.3) is 0 Å². The largest absolute Gasteiger partial charge is 0.350 e. The maximum absolute atomic E-state index is 11.9. The molecule has 4 heteroatoms. The molecule has 2 rings (SSSR count). The van der Waals surface area contributed by atoms with Gasteiger partial charge in [0.1, 0.15) is 0 Å². The molecule has 16 heavy (non-hydrogen) atoms. The molecule has 0 bridgehead atoms. The third-order valence-electron chi connectivity index (χ3n) is 2.59. The van der Waals surface area contributed by atoms with E-state index in [1.807, 2.05) is 36.0 Å². The minimum atomic E-state index is 0.0790. The number of aryl methyl sites for hydroxylation is 1. The summed E-state index contributed by atoms with van der Waals surface area (Å²) in [6, 6.07) is 5.59. The normalized spacial score (nSPS) is 10.9. The molecule has 1 N–H and O–H groups in total. The highest BCUT2D eigenvalue weighted by atomic mass is 35.5. The van der Waals surface area contributed by atoms with Crippen LogP contribution in [0.1, 0.15) is 10.4 Å². The summed E-state index contributed by atoms with van der Waals surface area (Å²) in [6.07, 6.45) is 1.85. The van der Waals surface area contributed by atoms with E-state index in [1.165, 1.54) is 0 Å². The van der Waals surface area contributed by atoms with Crippen molar-refractivity contribution in [1.82, 2.24) is 9.88 Å². The number of benzene rings is 1. The number of aromatic nitrogens is 1. The molecule has 0 aliphatic rings. The van der Waals surface area contributed by atoms with Crippen LogP contribution in [0.3, 0.4) is 0 Å². The first-order valence-corrected chi connectivity index (χ1v) is 5.43. The number of ketones is 1. The second-order valence-corrected chi connectivity index (χ2v) is 4.21. The van der Waals surface area contributed by atoms with Gasteiger partial charge < -0.3 is 9.88 Å². The first-order valence-electron chi connectivity index (χ1n) is 5.06. The van der Waals surface area contributed by atoms with E-state index in [-0.39, 0.29) is 5.78 Å². The number of carbonyl (C=O) groups is 1. The Labute approximate surface area is 99.0 Å². The third-order valence-corrected chi connectivity index (χ3v) is 2.82. The van der Waals surface area contributed by atoms with E-state index in [1.54, 1.807) is 7.05 Å². The Kier molecular flexibility index (Phi) is 2.99. The van der Waals surface area contributed by atoms with Crippen molar-refractivity contribution in [3.8, 4) is 0 Å². The zero-order valence-corrected chi connectivity index (χ0v) is 10.0. The van der Waals surface area contributed by atoms with Gasteiger partial charge >= 0.3 is 0 Å². The molecule has 1 heterocycles. The Morgan fingerprint density at radius 1 is 1.50 bits per heavy atom. The zero-order chi connectivity index (χ0) is 11.7. The van der Waals surface area contributed by atoms with E-state index in [0.29, 0.717) is 17.1 Å². The van der Waals surface area contributed by atoms with E-state index >= 15 is 0 Å². The molecule has 0 unspecified atom stereocenters. The van der Waals surface area contributed by atoms with Crippen LogP contribution < -0.4 is 5.32 Å². The second kappa shape index (κ2) is 4.28. The number of carbonyl (C=O) groups excluding carboxylic acids is 1. The van der Waals surface area contributed by atoms with Crippen molar-refractivity contribution in [3.05, 3.63) is 35.0 Å². The number of hydrogen-bond donors (Lipinski definition) is 1. The van der Waals surface area contributed by atoms with E-state index in [2.05, 4.69) is 5.32 Å². The fraction of sp³-hybridized carbons (Fsp3) is 0.250. The van der Waals surface area contributed by atoms with Gasteiger partial charge in [-0.2, -0.15) is 0 Å². The Hall–Kier alpha value is -1.32. The molecule has 1 aromatic heterocycles. The van der Waals surface area contributed by atoms with Gasteiger partial charge in [-0.05, 0) is 25.2 Å². The average Bonchev–Trinajstić information content (AvgIpc) is 2.56. The molecule has 0 aliphatic carbocycles. The summed E-state index contributed by atoms with van der Waals surface area (Å²) in [4.78, 5) is 11.9. The molecule has 84 valence electrons. The van der Waals surface area contributed by atoms with Gasteiger partial charge in [0, 0.05) is 34.7 Å². The number of halogens is 1. The molecule has 0 aliphatic heterocycles. The van der Waals surface area contributed by atoms with Crippen molar-refractivity contribution >= 4 is 28.3 Å². The lowest BCUT2D eigenvalue weighted by atomic mass is 10.1. The Bertz CT molecular complexity index is 545. The summed E-state index contributed by atoms with van der Waals surface area (Å²) >= 11 is 5.95. The molecular weight excluding hydrogens is 224 g/mol. The summed E-state index contributed by atoms with van der Waals surface area (Å²) in [6.45, 7) is 0.339. The third kappa shape index (κ3) is 1.84. The molecular formula is C12H13ClN2O. The lowest BCUT2D eigenvalue weighted by Crippen LogP contribution is -2.18.